The third-order valence-electron chi connectivity index (χ3n) is 3.78. The zero-order valence-electron chi connectivity index (χ0n) is 13.6. The largest absolute Gasteiger partial charge is 0.507 e. The van der Waals surface area contributed by atoms with E-state index in [1.807, 2.05) is 0 Å². The second-order valence-corrected chi connectivity index (χ2v) is 6.92. The number of nitrogen functional groups attached to an aromatic ring is 1. The number of carbonyl (C=O) groups is 1. The SMILES string of the molecule is Nc1ccc(S(=O)(=O)O)c2c(N=Nc3ccc(C(=O)O)cc3)ccc(O)c12. The van der Waals surface area contributed by atoms with Gasteiger partial charge in [-0.3, -0.25) is 4.55 Å². The highest BCUT2D eigenvalue weighted by atomic mass is 32.2. The molecule has 0 saturated carbocycles. The van der Waals surface area contributed by atoms with Crippen LogP contribution in [0.3, 0.4) is 0 Å². The molecule has 3 aromatic rings. The van der Waals surface area contributed by atoms with E-state index in [1.165, 1.54) is 42.5 Å². The topological polar surface area (TPSA) is 163 Å². The smallest absolute Gasteiger partial charge is 0.335 e. The number of fused-ring (bicyclic) bond motifs is 1. The average molecular weight is 387 g/mol. The molecule has 0 aromatic heterocycles. The van der Waals surface area contributed by atoms with E-state index in [0.29, 0.717) is 5.69 Å². The first kappa shape index (κ1) is 18.3. The Morgan fingerprint density at radius 1 is 0.926 bits per heavy atom. The number of phenols is 1. The summed E-state index contributed by atoms with van der Waals surface area (Å²) in [5.41, 5.74) is 6.36. The lowest BCUT2D eigenvalue weighted by Crippen LogP contribution is -2.01. The van der Waals surface area contributed by atoms with Gasteiger partial charge in [0.05, 0.1) is 22.3 Å². The molecule has 0 unspecified atom stereocenters. The van der Waals surface area contributed by atoms with Crippen molar-refractivity contribution in [1.82, 2.24) is 0 Å². The molecule has 0 aliphatic heterocycles. The van der Waals surface area contributed by atoms with Gasteiger partial charge in [-0.2, -0.15) is 13.5 Å². The number of hydrogen-bond donors (Lipinski definition) is 4. The predicted octanol–water partition coefficient (Wildman–Crippen LogP) is 3.49. The number of phenolic OH excluding ortho intramolecular Hbond substituents is 1. The van der Waals surface area contributed by atoms with E-state index < -0.39 is 21.0 Å². The third-order valence-corrected chi connectivity index (χ3v) is 4.67. The van der Waals surface area contributed by atoms with E-state index in [9.17, 15) is 22.9 Å². The van der Waals surface area contributed by atoms with Crippen molar-refractivity contribution in [2.24, 2.45) is 10.2 Å². The van der Waals surface area contributed by atoms with Crippen LogP contribution in [-0.2, 0) is 10.1 Å². The van der Waals surface area contributed by atoms with Gasteiger partial charge in [0.2, 0.25) is 0 Å². The zero-order chi connectivity index (χ0) is 19.8. The number of rotatable bonds is 4. The Morgan fingerprint density at radius 2 is 1.59 bits per heavy atom. The molecule has 0 bridgehead atoms. The van der Waals surface area contributed by atoms with E-state index in [1.54, 1.807) is 0 Å². The lowest BCUT2D eigenvalue weighted by atomic mass is 10.1. The molecule has 3 rings (SSSR count). The number of hydrogen-bond acceptors (Lipinski definition) is 7. The molecule has 0 aliphatic carbocycles. The van der Waals surface area contributed by atoms with Crippen LogP contribution in [0.5, 0.6) is 5.75 Å². The Kier molecular flexibility index (Phi) is 4.52. The van der Waals surface area contributed by atoms with E-state index in [0.717, 1.165) is 6.07 Å². The second kappa shape index (κ2) is 6.67. The van der Waals surface area contributed by atoms with Crippen LogP contribution < -0.4 is 5.73 Å². The van der Waals surface area contributed by atoms with Crippen LogP contribution in [-0.4, -0.2) is 29.2 Å². The number of benzene rings is 3. The monoisotopic (exact) mass is 387 g/mol. The lowest BCUT2D eigenvalue weighted by Gasteiger charge is -2.10. The van der Waals surface area contributed by atoms with Crippen molar-refractivity contribution in [3.63, 3.8) is 0 Å². The van der Waals surface area contributed by atoms with E-state index >= 15 is 0 Å². The minimum atomic E-state index is -4.62. The van der Waals surface area contributed by atoms with Crippen molar-refractivity contribution >= 4 is 43.9 Å². The summed E-state index contributed by atoms with van der Waals surface area (Å²) in [6, 6.07) is 10.5. The average Bonchev–Trinajstić information content (AvgIpc) is 2.60. The van der Waals surface area contributed by atoms with Gasteiger partial charge in [-0.15, -0.1) is 5.11 Å². The Labute approximate surface area is 153 Å². The summed E-state index contributed by atoms with van der Waals surface area (Å²) in [5, 5.41) is 26.8. The molecular weight excluding hydrogens is 374 g/mol. The summed E-state index contributed by atoms with van der Waals surface area (Å²) >= 11 is 0. The molecule has 0 heterocycles. The molecule has 0 spiro atoms. The van der Waals surface area contributed by atoms with Crippen LogP contribution in [0.1, 0.15) is 10.4 Å². The molecule has 0 fully saturated rings. The number of anilines is 1. The van der Waals surface area contributed by atoms with Crippen LogP contribution in [0, 0.1) is 0 Å². The molecular formula is C17H13N3O6S. The normalized spacial score (nSPS) is 11.9. The number of aromatic carboxylic acids is 1. The summed E-state index contributed by atoms with van der Waals surface area (Å²) in [4.78, 5) is 10.4. The highest BCUT2D eigenvalue weighted by molar-refractivity contribution is 7.86. The standard InChI is InChI=1S/C17H13N3O6S/c18-11-5-8-14(27(24,25)26)16-12(6-7-13(21)15(11)16)20-19-10-3-1-9(2-4-10)17(22)23/h1-8,21H,18H2,(H,22,23)(H,24,25,26). The number of carboxylic acids is 1. The van der Waals surface area contributed by atoms with Gasteiger partial charge in [-0.1, -0.05) is 0 Å². The molecule has 9 nitrogen and oxygen atoms in total. The summed E-state index contributed by atoms with van der Waals surface area (Å²) in [6.45, 7) is 0. The first-order chi connectivity index (χ1) is 12.7. The molecule has 0 atom stereocenters. The molecule has 10 heteroatoms. The van der Waals surface area contributed by atoms with Gasteiger partial charge in [-0.05, 0) is 48.5 Å². The van der Waals surface area contributed by atoms with E-state index in [-0.39, 0.29) is 33.5 Å². The van der Waals surface area contributed by atoms with Crippen molar-refractivity contribution in [3.8, 4) is 5.75 Å². The minimum absolute atomic E-state index is 0.0165. The zero-order valence-corrected chi connectivity index (χ0v) is 14.4. The first-order valence-electron chi connectivity index (χ1n) is 7.45. The number of aromatic hydroxyl groups is 1. The summed E-state index contributed by atoms with van der Waals surface area (Å²) in [6.07, 6.45) is 0. The molecule has 0 radical (unpaired) electrons. The Balaban J connectivity index is 2.18. The van der Waals surface area contributed by atoms with E-state index in [2.05, 4.69) is 10.2 Å². The van der Waals surface area contributed by atoms with Gasteiger partial charge in [-0.25, -0.2) is 4.79 Å². The number of nitrogens with two attached hydrogens (primary N) is 1. The van der Waals surface area contributed by atoms with Crippen LogP contribution in [0.25, 0.3) is 10.8 Å². The lowest BCUT2D eigenvalue weighted by molar-refractivity contribution is 0.0697. The van der Waals surface area contributed by atoms with Crippen LogP contribution in [0.2, 0.25) is 0 Å². The van der Waals surface area contributed by atoms with Gasteiger partial charge in [0.1, 0.15) is 10.6 Å². The molecule has 0 aliphatic rings. The number of nitrogens with zero attached hydrogens (tertiary/aromatic N) is 2. The Bertz CT molecular complexity index is 1180. The second-order valence-electron chi connectivity index (χ2n) is 5.53. The molecule has 3 aromatic carbocycles. The predicted molar refractivity (Wildman–Crippen MR) is 97.4 cm³/mol. The van der Waals surface area contributed by atoms with Crippen molar-refractivity contribution < 1.29 is 28.0 Å². The third kappa shape index (κ3) is 3.57. The Hall–Kier alpha value is -3.50. The Morgan fingerprint density at radius 3 is 2.19 bits per heavy atom. The van der Waals surface area contributed by atoms with Crippen molar-refractivity contribution in [2.45, 2.75) is 4.90 Å². The fourth-order valence-electron chi connectivity index (χ4n) is 2.54. The maximum absolute atomic E-state index is 11.7. The van der Waals surface area contributed by atoms with Crippen molar-refractivity contribution in [1.29, 1.82) is 0 Å². The summed E-state index contributed by atoms with van der Waals surface area (Å²) < 4.78 is 32.9. The maximum atomic E-state index is 11.7. The molecule has 27 heavy (non-hydrogen) atoms. The quantitative estimate of drug-likeness (QED) is 0.302. The highest BCUT2D eigenvalue weighted by Gasteiger charge is 2.20. The molecule has 5 N–H and O–H groups in total. The van der Waals surface area contributed by atoms with Gasteiger partial charge in [0, 0.05) is 11.1 Å². The number of carboxylic acid groups (broad SMARTS) is 1. The van der Waals surface area contributed by atoms with Crippen LogP contribution in [0.15, 0.2) is 63.7 Å². The fraction of sp³-hybridized carbons (Fsp3) is 0. The maximum Gasteiger partial charge on any atom is 0.335 e. The highest BCUT2D eigenvalue weighted by Crippen LogP contribution is 2.40. The summed E-state index contributed by atoms with van der Waals surface area (Å²) in [7, 11) is -4.62. The molecule has 0 amide bonds. The number of azo groups is 1. The van der Waals surface area contributed by atoms with Gasteiger partial charge < -0.3 is 15.9 Å². The van der Waals surface area contributed by atoms with E-state index in [4.69, 9.17) is 10.8 Å². The van der Waals surface area contributed by atoms with Crippen molar-refractivity contribution in [3.05, 3.63) is 54.1 Å². The van der Waals surface area contributed by atoms with Gasteiger partial charge >= 0.3 is 5.97 Å². The van der Waals surface area contributed by atoms with Gasteiger partial charge in [0.25, 0.3) is 10.1 Å². The summed E-state index contributed by atoms with van der Waals surface area (Å²) in [5.74, 6) is -1.37. The molecule has 0 saturated heterocycles. The first-order valence-corrected chi connectivity index (χ1v) is 8.89. The van der Waals surface area contributed by atoms with Crippen molar-refractivity contribution in [2.75, 3.05) is 5.73 Å². The van der Waals surface area contributed by atoms with Crippen LogP contribution in [0.4, 0.5) is 17.1 Å². The molecule has 138 valence electrons. The van der Waals surface area contributed by atoms with Gasteiger partial charge in [0.15, 0.2) is 0 Å². The minimum Gasteiger partial charge on any atom is -0.507 e. The fourth-order valence-corrected chi connectivity index (χ4v) is 3.24. The van der Waals surface area contributed by atoms with Crippen LogP contribution >= 0.6 is 0 Å².